The number of carbonyl (C=O) groups is 3. The Balaban J connectivity index is 1.48. The van der Waals surface area contributed by atoms with Gasteiger partial charge in [0.15, 0.2) is 11.5 Å². The van der Waals surface area contributed by atoms with Crippen molar-refractivity contribution in [1.82, 2.24) is 15.5 Å². The van der Waals surface area contributed by atoms with E-state index in [1.54, 1.807) is 18.2 Å². The molecule has 1 saturated heterocycles. The Morgan fingerprint density at radius 2 is 1.83 bits per heavy atom. The second kappa shape index (κ2) is 10.3. The highest BCUT2D eigenvalue weighted by atomic mass is 16.7. The summed E-state index contributed by atoms with van der Waals surface area (Å²) in [6, 6.07) is 4.98. The molecule has 0 aliphatic carbocycles. The van der Waals surface area contributed by atoms with Gasteiger partial charge >= 0.3 is 11.8 Å². The maximum atomic E-state index is 12.9. The predicted octanol–water partition coefficient (Wildman–Crippen LogP) is -1.63. The van der Waals surface area contributed by atoms with Crippen LogP contribution in [0.25, 0.3) is 0 Å². The maximum absolute atomic E-state index is 12.9. The Kier molecular flexibility index (Phi) is 7.47. The average molecular weight is 421 g/mol. The monoisotopic (exact) mass is 421 g/mol. The van der Waals surface area contributed by atoms with E-state index in [1.807, 2.05) is 0 Å². The van der Waals surface area contributed by atoms with Crippen molar-refractivity contribution in [2.75, 3.05) is 52.7 Å². The average Bonchev–Trinajstić information content (AvgIpc) is 3.43. The zero-order chi connectivity index (χ0) is 21.5. The fourth-order valence-corrected chi connectivity index (χ4v) is 3.41. The van der Waals surface area contributed by atoms with Crippen LogP contribution >= 0.6 is 0 Å². The lowest BCUT2D eigenvalue weighted by molar-refractivity contribution is -0.895. The molecular weight excluding hydrogens is 392 g/mol. The van der Waals surface area contributed by atoms with Crippen LogP contribution in [0.1, 0.15) is 24.2 Å². The number of ether oxygens (including phenoxy) is 3. The highest BCUT2D eigenvalue weighted by Gasteiger charge is 2.32. The van der Waals surface area contributed by atoms with Crippen LogP contribution in [0.15, 0.2) is 18.2 Å². The number of carbonyl (C=O) groups excluding carboxylic acids is 3. The van der Waals surface area contributed by atoms with E-state index >= 15 is 0 Å². The van der Waals surface area contributed by atoms with Gasteiger partial charge in [-0.3, -0.25) is 14.4 Å². The van der Waals surface area contributed by atoms with E-state index in [0.29, 0.717) is 36.8 Å². The summed E-state index contributed by atoms with van der Waals surface area (Å²) in [6.45, 7) is 8.18. The largest absolute Gasteiger partial charge is 0.454 e. The standard InChI is InChI=1S/C20H28N4O6/c1-3-23(4-2)8-7-21-18(25)19(26)22-12-17-24(9-10-28-17)20(27)14-5-6-15-16(11-14)30-13-29-15/h5-6,11,17H,3-4,7-10,12-13H2,1-2H3,(H,21,25)(H,22,26)/p+1/t17-/m0/s1. The van der Waals surface area contributed by atoms with Crippen molar-refractivity contribution in [3.8, 4) is 11.5 Å². The molecule has 0 bridgehead atoms. The normalized spacial score (nSPS) is 17.3. The Morgan fingerprint density at radius 1 is 1.10 bits per heavy atom. The third kappa shape index (κ3) is 5.19. The molecule has 10 nitrogen and oxygen atoms in total. The number of nitrogens with zero attached hydrogens (tertiary/aromatic N) is 1. The molecule has 30 heavy (non-hydrogen) atoms. The van der Waals surface area contributed by atoms with Crippen LogP contribution in [-0.2, 0) is 14.3 Å². The summed E-state index contributed by atoms with van der Waals surface area (Å²) in [4.78, 5) is 39.8. The van der Waals surface area contributed by atoms with E-state index in [4.69, 9.17) is 14.2 Å². The summed E-state index contributed by atoms with van der Waals surface area (Å²) in [5, 5.41) is 5.17. The second-order valence-electron chi connectivity index (χ2n) is 7.07. The lowest BCUT2D eigenvalue weighted by atomic mass is 10.1. The molecule has 1 aromatic carbocycles. The molecule has 2 aliphatic heterocycles. The molecule has 0 aromatic heterocycles. The van der Waals surface area contributed by atoms with Gasteiger partial charge < -0.3 is 34.6 Å². The quantitative estimate of drug-likeness (QED) is 0.435. The van der Waals surface area contributed by atoms with Crippen molar-refractivity contribution in [3.05, 3.63) is 23.8 Å². The number of hydrogen-bond donors (Lipinski definition) is 3. The zero-order valence-corrected chi connectivity index (χ0v) is 17.4. The van der Waals surface area contributed by atoms with Crippen LogP contribution in [0.3, 0.4) is 0 Å². The minimum atomic E-state index is -0.740. The first-order valence-corrected chi connectivity index (χ1v) is 10.2. The van der Waals surface area contributed by atoms with Gasteiger partial charge in [0.2, 0.25) is 6.79 Å². The van der Waals surface area contributed by atoms with Crippen molar-refractivity contribution in [3.63, 3.8) is 0 Å². The van der Waals surface area contributed by atoms with Crippen LogP contribution in [0.4, 0.5) is 0 Å². The van der Waals surface area contributed by atoms with Gasteiger partial charge in [0.05, 0.1) is 39.3 Å². The Labute approximate surface area is 175 Å². The van der Waals surface area contributed by atoms with Gasteiger partial charge in [0, 0.05) is 12.1 Å². The molecule has 0 unspecified atom stereocenters. The topological polar surface area (TPSA) is 111 Å². The number of rotatable bonds is 8. The molecule has 1 atom stereocenters. The molecule has 1 aromatic rings. The third-order valence-corrected chi connectivity index (χ3v) is 5.28. The van der Waals surface area contributed by atoms with Crippen LogP contribution in [0, 0.1) is 0 Å². The second-order valence-corrected chi connectivity index (χ2v) is 7.07. The summed E-state index contributed by atoms with van der Waals surface area (Å²) >= 11 is 0. The number of benzene rings is 1. The first-order chi connectivity index (χ1) is 14.5. The number of fused-ring (bicyclic) bond motifs is 1. The van der Waals surface area contributed by atoms with E-state index < -0.39 is 18.0 Å². The van der Waals surface area contributed by atoms with Gasteiger partial charge in [0.1, 0.15) is 6.23 Å². The minimum absolute atomic E-state index is 0.0316. The van der Waals surface area contributed by atoms with Crippen molar-refractivity contribution in [2.24, 2.45) is 0 Å². The maximum Gasteiger partial charge on any atom is 0.309 e. The smallest absolute Gasteiger partial charge is 0.309 e. The summed E-state index contributed by atoms with van der Waals surface area (Å²) in [5.74, 6) is -0.545. The first kappa shape index (κ1) is 21.8. The van der Waals surface area contributed by atoms with E-state index in [0.717, 1.165) is 19.6 Å². The van der Waals surface area contributed by atoms with E-state index in [2.05, 4.69) is 24.5 Å². The molecule has 2 aliphatic rings. The van der Waals surface area contributed by atoms with Gasteiger partial charge in [-0.05, 0) is 32.0 Å². The highest BCUT2D eigenvalue weighted by molar-refractivity contribution is 6.35. The molecule has 3 N–H and O–H groups in total. The first-order valence-electron chi connectivity index (χ1n) is 10.2. The molecule has 164 valence electrons. The predicted molar refractivity (Wildman–Crippen MR) is 106 cm³/mol. The SMILES string of the molecule is CC[NH+](CC)CCNC(=O)C(=O)NC[C@@H]1OCCN1C(=O)c1ccc2c(c1)OCO2. The fraction of sp³-hybridized carbons (Fsp3) is 0.550. The van der Waals surface area contributed by atoms with Gasteiger partial charge in [-0.2, -0.15) is 0 Å². The highest BCUT2D eigenvalue weighted by Crippen LogP contribution is 2.33. The Hall–Kier alpha value is -2.85. The molecular formula is C20H29N4O6+. The lowest BCUT2D eigenvalue weighted by Gasteiger charge is -2.23. The molecule has 1 fully saturated rings. The number of quaternary nitrogens is 1. The number of nitrogens with one attached hydrogen (secondary N) is 3. The van der Waals surface area contributed by atoms with E-state index in [9.17, 15) is 14.4 Å². The third-order valence-electron chi connectivity index (χ3n) is 5.28. The molecule has 3 rings (SSSR count). The van der Waals surface area contributed by atoms with Crippen LogP contribution in [0.5, 0.6) is 11.5 Å². The summed E-state index contributed by atoms with van der Waals surface area (Å²) in [6.07, 6.45) is -0.639. The molecule has 0 spiro atoms. The Morgan fingerprint density at radius 3 is 2.60 bits per heavy atom. The zero-order valence-electron chi connectivity index (χ0n) is 17.4. The number of hydrogen-bond acceptors (Lipinski definition) is 6. The van der Waals surface area contributed by atoms with Gasteiger partial charge in [-0.1, -0.05) is 0 Å². The molecule has 0 saturated carbocycles. The lowest BCUT2D eigenvalue weighted by Crippen LogP contribution is -3.12. The van der Waals surface area contributed by atoms with Gasteiger partial charge in [-0.25, -0.2) is 0 Å². The summed E-state index contributed by atoms with van der Waals surface area (Å²) in [7, 11) is 0. The van der Waals surface area contributed by atoms with Crippen LogP contribution in [0.2, 0.25) is 0 Å². The minimum Gasteiger partial charge on any atom is -0.454 e. The van der Waals surface area contributed by atoms with E-state index in [1.165, 1.54) is 9.80 Å². The van der Waals surface area contributed by atoms with Crippen molar-refractivity contribution >= 4 is 17.7 Å². The molecule has 3 amide bonds. The summed E-state index contributed by atoms with van der Waals surface area (Å²) in [5.41, 5.74) is 0.442. The van der Waals surface area contributed by atoms with E-state index in [-0.39, 0.29) is 19.2 Å². The molecule has 2 heterocycles. The summed E-state index contributed by atoms with van der Waals surface area (Å²) < 4.78 is 16.2. The molecule has 10 heteroatoms. The number of amides is 3. The fourth-order valence-electron chi connectivity index (χ4n) is 3.41. The van der Waals surface area contributed by atoms with Crippen molar-refractivity contribution < 1.29 is 33.5 Å². The molecule has 0 radical (unpaired) electrons. The van der Waals surface area contributed by atoms with Gasteiger partial charge in [-0.15, -0.1) is 0 Å². The van der Waals surface area contributed by atoms with Crippen LogP contribution in [-0.4, -0.2) is 81.5 Å². The van der Waals surface area contributed by atoms with Crippen LogP contribution < -0.4 is 25.0 Å². The number of likely N-dealkylation sites (N-methyl/N-ethyl adjacent to an activating group) is 1. The Bertz CT molecular complexity index is 783. The van der Waals surface area contributed by atoms with Crippen molar-refractivity contribution in [1.29, 1.82) is 0 Å². The van der Waals surface area contributed by atoms with Gasteiger partial charge in [0.25, 0.3) is 5.91 Å². The van der Waals surface area contributed by atoms with Crippen molar-refractivity contribution in [2.45, 2.75) is 20.1 Å².